The van der Waals surface area contributed by atoms with Crippen LogP contribution in [0.4, 0.5) is 0 Å². The summed E-state index contributed by atoms with van der Waals surface area (Å²) in [6, 6.07) is 8.67. The molecule has 4 heterocycles. The molecule has 0 aliphatic carbocycles. The summed E-state index contributed by atoms with van der Waals surface area (Å²) in [4.78, 5) is 23.1. The lowest BCUT2D eigenvalue weighted by molar-refractivity contribution is 0.0709. The molecule has 8 nitrogen and oxygen atoms in total. The number of sulfonamides is 1. The average Bonchev–Trinajstić information content (AvgIpc) is 3.12. The lowest BCUT2D eigenvalue weighted by Gasteiger charge is -2.32. The van der Waals surface area contributed by atoms with Crippen LogP contribution in [0.2, 0.25) is 0 Å². The van der Waals surface area contributed by atoms with E-state index >= 15 is 0 Å². The lowest BCUT2D eigenvalue weighted by atomic mass is 9.89. The second-order valence-electron chi connectivity index (χ2n) is 9.39. The minimum absolute atomic E-state index is 0.157. The van der Waals surface area contributed by atoms with Crippen molar-refractivity contribution in [1.82, 2.24) is 19.2 Å². The molecule has 1 amide bonds. The molecule has 1 aromatic carbocycles. The number of methoxy groups -OCH3 is 1. The number of piperidine rings is 1. The number of aromatic amines is 1. The van der Waals surface area contributed by atoms with E-state index in [-0.39, 0.29) is 10.8 Å². The topological polar surface area (TPSA) is 95.6 Å². The summed E-state index contributed by atoms with van der Waals surface area (Å²) in [5.41, 5.74) is 2.43. The van der Waals surface area contributed by atoms with Gasteiger partial charge < -0.3 is 14.6 Å². The fourth-order valence-electron chi connectivity index (χ4n) is 5.32. The number of pyridine rings is 1. The first-order valence-corrected chi connectivity index (χ1v) is 13.8. The molecule has 3 aromatic rings. The number of nitrogens with zero attached hydrogens (tertiary/aromatic N) is 3. The molecule has 35 heavy (non-hydrogen) atoms. The van der Waals surface area contributed by atoms with Gasteiger partial charge in [0.2, 0.25) is 10.0 Å². The van der Waals surface area contributed by atoms with Gasteiger partial charge in [0.1, 0.15) is 11.4 Å². The molecule has 0 radical (unpaired) electrons. The van der Waals surface area contributed by atoms with E-state index in [0.29, 0.717) is 43.4 Å². The second-order valence-corrected chi connectivity index (χ2v) is 11.3. The van der Waals surface area contributed by atoms with Crippen molar-refractivity contribution in [3.63, 3.8) is 0 Å². The van der Waals surface area contributed by atoms with Gasteiger partial charge in [-0.15, -0.1) is 0 Å². The first-order valence-electron chi connectivity index (χ1n) is 12.4. The van der Waals surface area contributed by atoms with E-state index in [1.54, 1.807) is 22.6 Å². The molecule has 2 aromatic heterocycles. The molecule has 0 unspecified atom stereocenters. The first kappa shape index (κ1) is 23.8. The van der Waals surface area contributed by atoms with Gasteiger partial charge in [-0.25, -0.2) is 13.4 Å². The number of hydrogen-bond acceptors (Lipinski definition) is 5. The lowest BCUT2D eigenvalue weighted by Crippen LogP contribution is -2.38. The molecule has 0 spiro atoms. The molecule has 9 heteroatoms. The van der Waals surface area contributed by atoms with E-state index in [1.165, 1.54) is 18.7 Å². The molecule has 186 valence electrons. The number of amides is 1. The highest BCUT2D eigenvalue weighted by Crippen LogP contribution is 2.34. The van der Waals surface area contributed by atoms with E-state index in [0.717, 1.165) is 49.6 Å². The number of carbonyl (C=O) groups is 1. The van der Waals surface area contributed by atoms with E-state index in [4.69, 9.17) is 4.74 Å². The number of nitrogens with one attached hydrogen (secondary N) is 1. The van der Waals surface area contributed by atoms with Crippen LogP contribution in [0, 0.1) is 0 Å². The summed E-state index contributed by atoms with van der Waals surface area (Å²) >= 11 is 0. The third kappa shape index (κ3) is 4.67. The number of fused-ring (bicyclic) bond motifs is 1. The van der Waals surface area contributed by atoms with Gasteiger partial charge in [0.15, 0.2) is 0 Å². The Morgan fingerprint density at radius 3 is 2.51 bits per heavy atom. The van der Waals surface area contributed by atoms with E-state index in [9.17, 15) is 13.2 Å². The number of H-pyrrole nitrogens is 1. The highest BCUT2D eigenvalue weighted by atomic mass is 32.2. The van der Waals surface area contributed by atoms with Crippen molar-refractivity contribution < 1.29 is 17.9 Å². The Bertz CT molecular complexity index is 1300. The zero-order valence-electron chi connectivity index (χ0n) is 20.1. The molecule has 5 rings (SSSR count). The minimum atomic E-state index is -3.66. The molecule has 0 saturated carbocycles. The van der Waals surface area contributed by atoms with Gasteiger partial charge >= 0.3 is 0 Å². The van der Waals surface area contributed by atoms with Crippen LogP contribution in [0.1, 0.15) is 60.4 Å². The third-order valence-electron chi connectivity index (χ3n) is 7.31. The van der Waals surface area contributed by atoms with Crippen molar-refractivity contribution in [2.24, 2.45) is 0 Å². The van der Waals surface area contributed by atoms with Crippen molar-refractivity contribution >= 4 is 27.0 Å². The molecule has 0 bridgehead atoms. The second kappa shape index (κ2) is 9.99. The van der Waals surface area contributed by atoms with Crippen LogP contribution in [-0.2, 0) is 10.0 Å². The zero-order valence-corrected chi connectivity index (χ0v) is 20.9. The van der Waals surface area contributed by atoms with Gasteiger partial charge in [-0.05, 0) is 67.5 Å². The number of carbonyl (C=O) groups excluding carboxylic acids is 1. The van der Waals surface area contributed by atoms with Crippen molar-refractivity contribution in [3.05, 3.63) is 53.9 Å². The van der Waals surface area contributed by atoms with Crippen LogP contribution in [0.5, 0.6) is 5.75 Å². The average molecular weight is 497 g/mol. The van der Waals surface area contributed by atoms with Crippen LogP contribution in [0.3, 0.4) is 0 Å². The predicted octanol–water partition coefficient (Wildman–Crippen LogP) is 4.16. The van der Waals surface area contributed by atoms with Gasteiger partial charge in [0, 0.05) is 44.0 Å². The van der Waals surface area contributed by atoms with Crippen molar-refractivity contribution in [3.8, 4) is 5.75 Å². The number of ether oxygens (including phenoxy) is 1. The Balaban J connectivity index is 1.34. The number of hydrogen-bond donors (Lipinski definition) is 1. The van der Waals surface area contributed by atoms with Crippen LogP contribution in [-0.4, -0.2) is 66.8 Å². The molecule has 2 fully saturated rings. The molecular formula is C26H32N4O4S. The van der Waals surface area contributed by atoms with Crippen LogP contribution >= 0.6 is 0 Å². The Kier molecular flexibility index (Phi) is 6.80. The fraction of sp³-hybridized carbons (Fsp3) is 0.462. The minimum Gasteiger partial charge on any atom is -0.496 e. The summed E-state index contributed by atoms with van der Waals surface area (Å²) in [6.45, 7) is 2.24. The number of likely N-dealkylation sites (tertiary alicyclic amines) is 1. The summed E-state index contributed by atoms with van der Waals surface area (Å²) in [5, 5.41) is 1.13. The first-order chi connectivity index (χ1) is 17.0. The van der Waals surface area contributed by atoms with E-state index in [2.05, 4.69) is 16.0 Å². The molecule has 2 saturated heterocycles. The quantitative estimate of drug-likeness (QED) is 0.572. The highest BCUT2D eigenvalue weighted by Gasteiger charge is 2.30. The van der Waals surface area contributed by atoms with Crippen LogP contribution in [0.25, 0.3) is 11.0 Å². The fourth-order valence-corrected chi connectivity index (χ4v) is 6.87. The Morgan fingerprint density at radius 1 is 1.06 bits per heavy atom. The standard InChI is InChI=1S/C26H32N4O4S/c1-34-24-9-8-20(35(32,33)30-13-4-2-3-5-14-30)17-22(24)26(31)29-15-10-19(11-16-29)23-18-28-25-21(23)7-6-12-27-25/h6-9,12,17-19H,2-5,10-11,13-16H2,1H3,(H,27,28). The zero-order chi connectivity index (χ0) is 24.4. The van der Waals surface area contributed by atoms with Gasteiger partial charge in [-0.3, -0.25) is 4.79 Å². The molecule has 0 atom stereocenters. The van der Waals surface area contributed by atoms with Gasteiger partial charge in [-0.1, -0.05) is 12.8 Å². The van der Waals surface area contributed by atoms with Crippen molar-refractivity contribution in [2.75, 3.05) is 33.3 Å². The Morgan fingerprint density at radius 2 is 1.80 bits per heavy atom. The predicted molar refractivity (Wildman–Crippen MR) is 134 cm³/mol. The van der Waals surface area contributed by atoms with Gasteiger partial charge in [0.05, 0.1) is 17.6 Å². The summed E-state index contributed by atoms with van der Waals surface area (Å²) in [5.74, 6) is 0.553. The molecular weight excluding hydrogens is 464 g/mol. The third-order valence-corrected chi connectivity index (χ3v) is 9.20. The largest absolute Gasteiger partial charge is 0.496 e. The van der Waals surface area contributed by atoms with Gasteiger partial charge in [0.25, 0.3) is 5.91 Å². The number of aromatic nitrogens is 2. The Hall–Kier alpha value is -2.91. The monoisotopic (exact) mass is 496 g/mol. The van der Waals surface area contributed by atoms with Crippen LogP contribution in [0.15, 0.2) is 47.6 Å². The smallest absolute Gasteiger partial charge is 0.257 e. The van der Waals surface area contributed by atoms with Crippen molar-refractivity contribution in [1.29, 1.82) is 0 Å². The molecule has 2 aliphatic heterocycles. The SMILES string of the molecule is COc1ccc(S(=O)(=O)N2CCCCCC2)cc1C(=O)N1CCC(c2c[nH]c3ncccc23)CC1. The molecule has 2 aliphatic rings. The maximum Gasteiger partial charge on any atom is 0.257 e. The maximum absolute atomic E-state index is 13.5. The van der Waals surface area contributed by atoms with Crippen molar-refractivity contribution in [2.45, 2.75) is 49.3 Å². The normalized spacial score (nSPS) is 18.5. The summed E-state index contributed by atoms with van der Waals surface area (Å²) in [7, 11) is -2.15. The van der Waals surface area contributed by atoms with Gasteiger partial charge in [-0.2, -0.15) is 4.31 Å². The summed E-state index contributed by atoms with van der Waals surface area (Å²) < 4.78 is 33.7. The van der Waals surface area contributed by atoms with E-state index < -0.39 is 10.0 Å². The maximum atomic E-state index is 13.5. The summed E-state index contributed by atoms with van der Waals surface area (Å²) in [6.07, 6.45) is 9.29. The number of benzene rings is 1. The van der Waals surface area contributed by atoms with Crippen LogP contribution < -0.4 is 4.74 Å². The molecule has 1 N–H and O–H groups in total. The highest BCUT2D eigenvalue weighted by molar-refractivity contribution is 7.89. The number of rotatable bonds is 5. The Labute approximate surface area is 206 Å². The van der Waals surface area contributed by atoms with E-state index in [1.807, 2.05) is 17.2 Å².